The zero-order valence-corrected chi connectivity index (χ0v) is 15.8. The van der Waals surface area contributed by atoms with Crippen LogP contribution in [0.5, 0.6) is 0 Å². The van der Waals surface area contributed by atoms with Crippen molar-refractivity contribution in [2.45, 2.75) is 30.7 Å². The van der Waals surface area contributed by atoms with Crippen LogP contribution < -0.4 is 0 Å². The summed E-state index contributed by atoms with van der Waals surface area (Å²) in [6.45, 7) is 0. The Labute approximate surface area is 167 Å². The highest BCUT2D eigenvalue weighted by Gasteiger charge is 2.34. The topological polar surface area (TPSA) is 43.6 Å². The van der Waals surface area contributed by atoms with E-state index in [4.69, 9.17) is 0 Å². The summed E-state index contributed by atoms with van der Waals surface area (Å²) in [7, 11) is 0. The van der Waals surface area contributed by atoms with E-state index in [9.17, 15) is 22.0 Å². The summed E-state index contributed by atoms with van der Waals surface area (Å²) < 4.78 is 68.6. The molecule has 1 aliphatic heterocycles. The number of alkyl halides is 3. The van der Waals surface area contributed by atoms with Crippen LogP contribution in [0.25, 0.3) is 5.82 Å². The van der Waals surface area contributed by atoms with Gasteiger partial charge in [-0.05, 0) is 41.9 Å². The number of hydrogen-bond donors (Lipinski definition) is 0. The lowest BCUT2D eigenvalue weighted by atomic mass is 10.0. The van der Waals surface area contributed by atoms with E-state index in [1.54, 1.807) is 11.8 Å². The van der Waals surface area contributed by atoms with Gasteiger partial charge >= 0.3 is 6.18 Å². The fourth-order valence-electron chi connectivity index (χ4n) is 3.20. The van der Waals surface area contributed by atoms with Crippen molar-refractivity contribution in [1.29, 1.82) is 0 Å². The Hall–Kier alpha value is -2.49. The summed E-state index contributed by atoms with van der Waals surface area (Å²) in [5.41, 5.74) is -1.29. The van der Waals surface area contributed by atoms with Gasteiger partial charge in [0, 0.05) is 12.6 Å². The number of benzene rings is 1. The zero-order chi connectivity index (χ0) is 20.6. The molecule has 3 heterocycles. The molecule has 2 aromatic heterocycles. The number of hydrogen-bond acceptors (Lipinski definition) is 4. The van der Waals surface area contributed by atoms with Gasteiger partial charge in [0.15, 0.2) is 17.5 Å². The Morgan fingerprint density at radius 3 is 2.69 bits per heavy atom. The van der Waals surface area contributed by atoms with Gasteiger partial charge < -0.3 is 0 Å². The van der Waals surface area contributed by atoms with Crippen molar-refractivity contribution in [3.05, 3.63) is 70.9 Å². The number of halogens is 5. The summed E-state index contributed by atoms with van der Waals surface area (Å²) in [6, 6.07) is 4.15. The predicted molar refractivity (Wildman–Crippen MR) is 97.8 cm³/mol. The maximum absolute atomic E-state index is 14.6. The maximum Gasteiger partial charge on any atom is 0.419 e. The number of rotatable bonds is 4. The molecule has 0 aliphatic carbocycles. The van der Waals surface area contributed by atoms with Crippen molar-refractivity contribution < 1.29 is 22.0 Å². The van der Waals surface area contributed by atoms with Crippen LogP contribution in [0, 0.1) is 11.6 Å². The molecule has 0 spiro atoms. The van der Waals surface area contributed by atoms with Crippen LogP contribution >= 0.6 is 11.8 Å². The molecule has 0 saturated carbocycles. The minimum Gasteiger partial charge on any atom is -0.234 e. The maximum atomic E-state index is 14.6. The van der Waals surface area contributed by atoms with Gasteiger partial charge in [-0.1, -0.05) is 12.1 Å². The molecule has 29 heavy (non-hydrogen) atoms. The molecule has 4 nitrogen and oxygen atoms in total. The summed E-state index contributed by atoms with van der Waals surface area (Å²) in [4.78, 5) is 8.24. The molecule has 0 radical (unpaired) electrons. The first-order chi connectivity index (χ1) is 13.8. The third kappa shape index (κ3) is 4.12. The van der Waals surface area contributed by atoms with Gasteiger partial charge in [0.05, 0.1) is 10.8 Å². The standard InChI is InChI=1S/C19H15F5N4S/c20-14-8-11(7-12-3-1-4-13(16(12)21)19(22,23)24)9-25-18(14)28-10-26-17(27-28)15-5-2-6-29-15/h1,3-4,8-10,15H,2,5-7H2. The van der Waals surface area contributed by atoms with Crippen molar-refractivity contribution in [3.8, 4) is 5.82 Å². The minimum absolute atomic E-state index is 0.0694. The number of pyridine rings is 1. The second-order valence-electron chi connectivity index (χ2n) is 6.65. The molecule has 1 aliphatic rings. The van der Waals surface area contributed by atoms with Crippen LogP contribution in [-0.2, 0) is 12.6 Å². The van der Waals surface area contributed by atoms with Crippen LogP contribution in [0.15, 0.2) is 36.8 Å². The lowest BCUT2D eigenvalue weighted by molar-refractivity contribution is -0.140. The monoisotopic (exact) mass is 426 g/mol. The van der Waals surface area contributed by atoms with E-state index in [0.717, 1.165) is 30.7 Å². The largest absolute Gasteiger partial charge is 0.419 e. The van der Waals surface area contributed by atoms with Crippen LogP contribution in [0.2, 0.25) is 0 Å². The summed E-state index contributed by atoms with van der Waals surface area (Å²) >= 11 is 1.75. The van der Waals surface area contributed by atoms with Crippen LogP contribution in [0.3, 0.4) is 0 Å². The third-order valence-corrected chi connectivity index (χ3v) is 5.97. The Kier molecular flexibility index (Phi) is 5.28. The first-order valence-corrected chi connectivity index (χ1v) is 9.90. The van der Waals surface area contributed by atoms with E-state index in [-0.39, 0.29) is 28.6 Å². The third-order valence-electron chi connectivity index (χ3n) is 4.60. The second kappa shape index (κ2) is 7.74. The first-order valence-electron chi connectivity index (χ1n) is 8.85. The Balaban J connectivity index is 1.57. The number of aromatic nitrogens is 4. The van der Waals surface area contributed by atoms with E-state index in [1.165, 1.54) is 23.3 Å². The molecule has 1 atom stereocenters. The molecule has 152 valence electrons. The number of nitrogens with zero attached hydrogens (tertiary/aromatic N) is 4. The average molecular weight is 426 g/mol. The van der Waals surface area contributed by atoms with Gasteiger partial charge in [-0.2, -0.15) is 29.6 Å². The molecule has 1 saturated heterocycles. The highest BCUT2D eigenvalue weighted by atomic mass is 32.2. The number of thioether (sulfide) groups is 1. The molecule has 0 N–H and O–H groups in total. The van der Waals surface area contributed by atoms with Crippen molar-refractivity contribution in [1.82, 2.24) is 19.7 Å². The van der Waals surface area contributed by atoms with E-state index in [0.29, 0.717) is 11.9 Å². The molecular weight excluding hydrogens is 411 g/mol. The zero-order valence-electron chi connectivity index (χ0n) is 15.0. The van der Waals surface area contributed by atoms with Gasteiger partial charge in [-0.3, -0.25) is 0 Å². The highest BCUT2D eigenvalue weighted by molar-refractivity contribution is 7.99. The molecule has 0 bridgehead atoms. The normalized spacial score (nSPS) is 17.1. The minimum atomic E-state index is -4.80. The molecule has 1 fully saturated rings. The van der Waals surface area contributed by atoms with E-state index < -0.39 is 23.4 Å². The van der Waals surface area contributed by atoms with Crippen LogP contribution in [0.1, 0.15) is 40.6 Å². The summed E-state index contributed by atoms with van der Waals surface area (Å²) in [5.74, 6) is -0.499. The lowest BCUT2D eigenvalue weighted by Gasteiger charge is -2.11. The quantitative estimate of drug-likeness (QED) is 0.544. The van der Waals surface area contributed by atoms with Crippen molar-refractivity contribution in [2.75, 3.05) is 5.75 Å². The van der Waals surface area contributed by atoms with Gasteiger partial charge in [-0.15, -0.1) is 5.10 Å². The lowest BCUT2D eigenvalue weighted by Crippen LogP contribution is -2.10. The van der Waals surface area contributed by atoms with Gasteiger partial charge in [0.25, 0.3) is 0 Å². The molecule has 4 rings (SSSR count). The van der Waals surface area contributed by atoms with E-state index >= 15 is 0 Å². The van der Waals surface area contributed by atoms with Gasteiger partial charge in [-0.25, -0.2) is 18.7 Å². The fourth-order valence-corrected chi connectivity index (χ4v) is 4.41. The Morgan fingerprint density at radius 2 is 2.00 bits per heavy atom. The smallest absolute Gasteiger partial charge is 0.234 e. The first kappa shape index (κ1) is 19.8. The van der Waals surface area contributed by atoms with Crippen LogP contribution in [-0.4, -0.2) is 25.5 Å². The van der Waals surface area contributed by atoms with Gasteiger partial charge in [0.1, 0.15) is 12.1 Å². The second-order valence-corrected chi connectivity index (χ2v) is 7.96. The van der Waals surface area contributed by atoms with E-state index in [1.807, 2.05) is 0 Å². The van der Waals surface area contributed by atoms with Crippen molar-refractivity contribution in [2.24, 2.45) is 0 Å². The summed E-state index contributed by atoms with van der Waals surface area (Å²) in [6.07, 6.45) is -0.296. The molecule has 1 aromatic carbocycles. The molecule has 1 unspecified atom stereocenters. The van der Waals surface area contributed by atoms with Gasteiger partial charge in [0.2, 0.25) is 0 Å². The van der Waals surface area contributed by atoms with E-state index in [2.05, 4.69) is 15.1 Å². The Morgan fingerprint density at radius 1 is 1.17 bits per heavy atom. The SMILES string of the molecule is Fc1cc(Cc2cccc(C(F)(F)F)c2F)cnc1-n1cnc(C2CCCS2)n1. The summed E-state index contributed by atoms with van der Waals surface area (Å²) in [5, 5.41) is 4.47. The van der Waals surface area contributed by atoms with Crippen LogP contribution in [0.4, 0.5) is 22.0 Å². The highest BCUT2D eigenvalue weighted by Crippen LogP contribution is 2.38. The fraction of sp³-hybridized carbons (Fsp3) is 0.316. The molecule has 0 amide bonds. The predicted octanol–water partition coefficient (Wildman–Crippen LogP) is 5.12. The Bertz CT molecular complexity index is 1030. The van der Waals surface area contributed by atoms with Crippen molar-refractivity contribution in [3.63, 3.8) is 0 Å². The molecule has 10 heteroatoms. The average Bonchev–Trinajstić information content (AvgIpc) is 3.34. The van der Waals surface area contributed by atoms with Crippen molar-refractivity contribution >= 4 is 11.8 Å². The molecule has 3 aromatic rings. The molecular formula is C19H15F5N4S.